The molecule has 5 atom stereocenters. The quantitative estimate of drug-likeness (QED) is 0.0169. The number of esters is 4. The number of phosphoric ester groups is 2. The molecule has 0 aromatic carbocycles. The van der Waals surface area contributed by atoms with Gasteiger partial charge in [0, 0.05) is 25.7 Å². The van der Waals surface area contributed by atoms with E-state index in [1.807, 2.05) is 0 Å². The molecule has 0 bridgehead atoms. The fraction of sp³-hybridized carbons (Fsp3) is 0.696. The SMILES string of the molecule is CC/C=C\C/C=C\C/C=C\C/C=C\CCCCC(=O)OCC(COP(=O)(O)OCC(O)COP(=O)(O)OCC(COC(=O)CCCCCCCCC/C=C\C/C=C\C/C=C\CC)OC(=O)CCCCCCCCCCCCC)OC(=O)CCCCCCC/C=C\C/C=C\C/C=C\CC. The van der Waals surface area contributed by atoms with E-state index in [9.17, 15) is 43.2 Å². The van der Waals surface area contributed by atoms with Gasteiger partial charge >= 0.3 is 39.5 Å². The van der Waals surface area contributed by atoms with Gasteiger partial charge in [0.25, 0.3) is 0 Å². The minimum atomic E-state index is -4.99. The maximum atomic E-state index is 13.1. The second-order valence-electron chi connectivity index (χ2n) is 24.8. The molecular formula is C79H134O17P2. The van der Waals surface area contributed by atoms with Gasteiger partial charge in [-0.25, -0.2) is 9.13 Å². The number of hydrogen-bond acceptors (Lipinski definition) is 15. The third-order valence-electron chi connectivity index (χ3n) is 15.4. The molecule has 0 heterocycles. The molecule has 0 rings (SSSR count). The first kappa shape index (κ1) is 93.5. The molecule has 0 aliphatic carbocycles. The molecule has 3 N–H and O–H groups in total. The second-order valence-corrected chi connectivity index (χ2v) is 27.7. The van der Waals surface area contributed by atoms with Gasteiger partial charge in [-0.2, -0.15) is 0 Å². The first-order valence-electron chi connectivity index (χ1n) is 37.8. The summed E-state index contributed by atoms with van der Waals surface area (Å²) in [5.41, 5.74) is 0. The zero-order valence-electron chi connectivity index (χ0n) is 61.2. The largest absolute Gasteiger partial charge is 0.472 e. The van der Waals surface area contributed by atoms with Crippen molar-refractivity contribution in [2.75, 3.05) is 39.6 Å². The van der Waals surface area contributed by atoms with Crippen LogP contribution in [-0.4, -0.2) is 96.7 Å². The van der Waals surface area contributed by atoms with Crippen LogP contribution in [0.2, 0.25) is 0 Å². The number of carbonyl (C=O) groups excluding carboxylic acids is 4. The summed E-state index contributed by atoms with van der Waals surface area (Å²) in [6.45, 7) is 4.45. The van der Waals surface area contributed by atoms with Crippen LogP contribution in [0.5, 0.6) is 0 Å². The van der Waals surface area contributed by atoms with E-state index in [0.29, 0.717) is 25.7 Å². The molecule has 0 aliphatic heterocycles. The molecule has 19 heteroatoms. The van der Waals surface area contributed by atoms with Crippen molar-refractivity contribution >= 4 is 39.5 Å². The first-order valence-corrected chi connectivity index (χ1v) is 40.8. The van der Waals surface area contributed by atoms with Gasteiger partial charge in [-0.15, -0.1) is 0 Å². The van der Waals surface area contributed by atoms with Crippen LogP contribution in [0, 0.1) is 0 Å². The minimum Gasteiger partial charge on any atom is -0.462 e. The lowest BCUT2D eigenvalue weighted by atomic mass is 10.1. The Labute approximate surface area is 593 Å². The van der Waals surface area contributed by atoms with E-state index in [-0.39, 0.29) is 25.7 Å². The van der Waals surface area contributed by atoms with E-state index in [1.54, 1.807) is 0 Å². The molecule has 0 aliphatic rings. The molecule has 0 fully saturated rings. The lowest BCUT2D eigenvalue weighted by Gasteiger charge is -2.21. The van der Waals surface area contributed by atoms with E-state index < -0.39 is 97.5 Å². The Balaban J connectivity index is 5.37. The maximum absolute atomic E-state index is 13.1. The van der Waals surface area contributed by atoms with Crippen molar-refractivity contribution in [1.29, 1.82) is 0 Å². The van der Waals surface area contributed by atoms with E-state index in [4.69, 9.17) is 37.0 Å². The molecule has 5 unspecified atom stereocenters. The Morgan fingerprint density at radius 1 is 0.296 bits per heavy atom. The van der Waals surface area contributed by atoms with Crippen LogP contribution in [0.15, 0.2) is 122 Å². The molecule has 0 aromatic heterocycles. The third kappa shape index (κ3) is 69.9. The summed E-state index contributed by atoms with van der Waals surface area (Å²) in [5.74, 6) is -2.25. The summed E-state index contributed by atoms with van der Waals surface area (Å²) in [6, 6.07) is 0. The zero-order valence-corrected chi connectivity index (χ0v) is 63.0. The molecule has 562 valence electrons. The Morgan fingerprint density at radius 3 is 0.837 bits per heavy atom. The van der Waals surface area contributed by atoms with Gasteiger partial charge < -0.3 is 33.8 Å². The van der Waals surface area contributed by atoms with Gasteiger partial charge in [0.05, 0.1) is 26.4 Å². The smallest absolute Gasteiger partial charge is 0.462 e. The van der Waals surface area contributed by atoms with Crippen LogP contribution in [0.1, 0.15) is 297 Å². The number of phosphoric acid groups is 2. The number of hydrogen-bond donors (Lipinski definition) is 3. The highest BCUT2D eigenvalue weighted by Crippen LogP contribution is 2.45. The average Bonchev–Trinajstić information content (AvgIpc) is 0.982. The number of unbranched alkanes of at least 4 members (excludes halogenated alkanes) is 24. The van der Waals surface area contributed by atoms with Gasteiger partial charge in [0.2, 0.25) is 0 Å². The summed E-state index contributed by atoms with van der Waals surface area (Å²) in [4.78, 5) is 72.8. The summed E-state index contributed by atoms with van der Waals surface area (Å²) < 4.78 is 68.4. The Morgan fingerprint density at radius 2 is 0.531 bits per heavy atom. The van der Waals surface area contributed by atoms with E-state index in [2.05, 4.69) is 149 Å². The van der Waals surface area contributed by atoms with Crippen molar-refractivity contribution in [3.8, 4) is 0 Å². The van der Waals surface area contributed by atoms with Crippen LogP contribution in [0.25, 0.3) is 0 Å². The third-order valence-corrected chi connectivity index (χ3v) is 17.3. The molecule has 17 nitrogen and oxygen atoms in total. The number of ether oxygens (including phenoxy) is 4. The van der Waals surface area contributed by atoms with Gasteiger partial charge in [0.1, 0.15) is 19.3 Å². The van der Waals surface area contributed by atoms with Gasteiger partial charge in [0.15, 0.2) is 12.2 Å². The predicted octanol–water partition coefficient (Wildman–Crippen LogP) is 21.6. The van der Waals surface area contributed by atoms with Crippen LogP contribution in [0.4, 0.5) is 0 Å². The highest BCUT2D eigenvalue weighted by Gasteiger charge is 2.30. The Hall–Kier alpha value is -4.54. The fourth-order valence-electron chi connectivity index (χ4n) is 9.77. The van der Waals surface area contributed by atoms with E-state index in [1.165, 1.54) is 38.5 Å². The Kier molecular flexibility index (Phi) is 67.6. The minimum absolute atomic E-state index is 0.0643. The van der Waals surface area contributed by atoms with Crippen molar-refractivity contribution in [2.24, 2.45) is 0 Å². The summed E-state index contributed by atoms with van der Waals surface area (Å²) in [5, 5.41) is 10.6. The van der Waals surface area contributed by atoms with E-state index in [0.717, 1.165) is 180 Å². The molecule has 0 saturated heterocycles. The summed E-state index contributed by atoms with van der Waals surface area (Å²) >= 11 is 0. The van der Waals surface area contributed by atoms with Gasteiger partial charge in [-0.1, -0.05) is 265 Å². The number of aliphatic hydroxyl groups excluding tert-OH is 1. The summed E-state index contributed by atoms with van der Waals surface area (Å²) in [7, 11) is -9.96. The molecule has 0 spiro atoms. The molecular weight excluding hydrogens is 1280 g/mol. The van der Waals surface area contributed by atoms with Crippen molar-refractivity contribution in [2.45, 2.75) is 316 Å². The fourth-order valence-corrected chi connectivity index (χ4v) is 11.3. The van der Waals surface area contributed by atoms with Gasteiger partial charge in [-0.3, -0.25) is 37.3 Å². The van der Waals surface area contributed by atoms with Crippen molar-refractivity contribution in [3.05, 3.63) is 122 Å². The number of rotatable bonds is 70. The van der Waals surface area contributed by atoms with Crippen LogP contribution >= 0.6 is 15.6 Å². The second kappa shape index (κ2) is 70.9. The first-order chi connectivity index (χ1) is 47.7. The highest BCUT2D eigenvalue weighted by atomic mass is 31.2. The Bertz CT molecular complexity index is 2340. The summed E-state index contributed by atoms with van der Waals surface area (Å²) in [6.07, 6.45) is 76.3. The average molecular weight is 1420 g/mol. The van der Waals surface area contributed by atoms with Gasteiger partial charge in [-0.05, 0) is 128 Å². The normalized spacial score (nSPS) is 14.6. The number of aliphatic hydroxyl groups is 1. The predicted molar refractivity (Wildman–Crippen MR) is 399 cm³/mol. The topological polar surface area (TPSA) is 237 Å². The monoisotopic (exact) mass is 1420 g/mol. The zero-order chi connectivity index (χ0) is 71.8. The lowest BCUT2D eigenvalue weighted by Crippen LogP contribution is -2.30. The number of carbonyl (C=O) groups is 4. The molecule has 0 amide bonds. The van der Waals surface area contributed by atoms with Crippen molar-refractivity contribution in [3.63, 3.8) is 0 Å². The standard InChI is InChI=1S/C79H134O17P2/c1-5-9-13-17-21-25-29-32-35-36-39-41-45-48-52-56-60-64-77(82)89-69-74(95-78(83)65-61-57-53-49-43-28-24-20-16-12-8-4)71-93-97(85,86)91-67-73(80)68-92-98(87,88)94-72-75(96-79(84)66-62-58-54-50-46-42-38-34-31-27-23-19-15-11-7-3)70-90-76(81)63-59-55-51-47-44-40-37-33-30-26-22-18-14-10-6-2/h9-11,13-15,21-23,25-27,32-35,37-38,44,47,73-75,80H,5-8,12,16-20,24,28-31,36,39-43,45-46,48-72H2,1-4H3,(H,85,86)(H,87,88)/b13-9-,14-10-,15-11-,25-21-,26-22-,27-23-,35-32-,37-33-,38-34-,47-44-. The van der Waals surface area contributed by atoms with Crippen LogP contribution in [-0.2, 0) is 65.4 Å². The number of allylic oxidation sites excluding steroid dienone is 20. The maximum Gasteiger partial charge on any atom is 0.472 e. The van der Waals surface area contributed by atoms with Crippen molar-refractivity contribution in [1.82, 2.24) is 0 Å². The lowest BCUT2D eigenvalue weighted by molar-refractivity contribution is -0.161. The molecule has 0 radical (unpaired) electrons. The molecule has 98 heavy (non-hydrogen) atoms. The highest BCUT2D eigenvalue weighted by molar-refractivity contribution is 7.47. The van der Waals surface area contributed by atoms with E-state index >= 15 is 0 Å². The van der Waals surface area contributed by atoms with Crippen LogP contribution in [0.3, 0.4) is 0 Å². The van der Waals surface area contributed by atoms with Crippen molar-refractivity contribution < 1.29 is 80.2 Å². The van der Waals surface area contributed by atoms with Crippen LogP contribution < -0.4 is 0 Å². The molecule has 0 saturated carbocycles. The molecule has 0 aromatic rings.